The molecule has 0 atom stereocenters. The molecule has 0 spiro atoms. The molecule has 2 N–H and O–H groups in total. The van der Waals surface area contributed by atoms with Crippen LogP contribution >= 0.6 is 15.9 Å². The Kier molecular flexibility index (Phi) is 5.19. The van der Waals surface area contributed by atoms with Gasteiger partial charge in [0, 0.05) is 32.0 Å². The van der Waals surface area contributed by atoms with Gasteiger partial charge in [-0.15, -0.1) is 0 Å². The molecule has 2 aromatic rings. The second-order valence-electron chi connectivity index (χ2n) is 5.19. The summed E-state index contributed by atoms with van der Waals surface area (Å²) in [5.41, 5.74) is 1.78. The van der Waals surface area contributed by atoms with Crippen LogP contribution in [-0.2, 0) is 13.6 Å². The van der Waals surface area contributed by atoms with E-state index in [9.17, 15) is 9.59 Å². The van der Waals surface area contributed by atoms with Crippen molar-refractivity contribution in [3.63, 3.8) is 0 Å². The molecular weight excluding hydrogens is 366 g/mol. The zero-order chi connectivity index (χ0) is 17.1. The molecule has 0 fully saturated rings. The monoisotopic (exact) mass is 383 g/mol. The van der Waals surface area contributed by atoms with Gasteiger partial charge in [0.1, 0.15) is 5.56 Å². The van der Waals surface area contributed by atoms with E-state index in [2.05, 4.69) is 31.4 Å². The van der Waals surface area contributed by atoms with E-state index in [1.165, 1.54) is 10.9 Å². The van der Waals surface area contributed by atoms with Gasteiger partial charge in [-0.1, -0.05) is 0 Å². The molecule has 0 aliphatic rings. The number of carbonyl (C=O) groups is 2. The number of aromatic carboxylic acids is 1. The first-order chi connectivity index (χ1) is 10.8. The maximum Gasteiger partial charge on any atom is 0.339 e. The van der Waals surface area contributed by atoms with E-state index < -0.39 is 11.9 Å². The summed E-state index contributed by atoms with van der Waals surface area (Å²) in [4.78, 5) is 23.1. The van der Waals surface area contributed by atoms with E-state index >= 15 is 0 Å². The molecule has 9 heteroatoms. The fourth-order valence-electron chi connectivity index (χ4n) is 2.22. The highest BCUT2D eigenvalue weighted by Gasteiger charge is 2.20. The van der Waals surface area contributed by atoms with Gasteiger partial charge in [0.25, 0.3) is 5.91 Å². The van der Waals surface area contributed by atoms with Crippen molar-refractivity contribution in [3.05, 3.63) is 33.3 Å². The van der Waals surface area contributed by atoms with Gasteiger partial charge < -0.3 is 10.4 Å². The molecule has 0 unspecified atom stereocenters. The highest BCUT2D eigenvalue weighted by atomic mass is 79.9. The summed E-state index contributed by atoms with van der Waals surface area (Å²) < 4.78 is 4.17. The van der Waals surface area contributed by atoms with Gasteiger partial charge in [0.15, 0.2) is 5.69 Å². The van der Waals surface area contributed by atoms with E-state index in [1.807, 2.05) is 18.5 Å². The van der Waals surface area contributed by atoms with E-state index in [-0.39, 0.29) is 11.3 Å². The highest BCUT2D eigenvalue weighted by molar-refractivity contribution is 9.10. The van der Waals surface area contributed by atoms with Crippen LogP contribution in [0.1, 0.15) is 38.7 Å². The number of aromatic nitrogens is 4. The molecule has 2 rings (SSSR count). The van der Waals surface area contributed by atoms with Crippen LogP contribution in [0, 0.1) is 13.8 Å². The van der Waals surface area contributed by atoms with Crippen LogP contribution in [-0.4, -0.2) is 43.1 Å². The quantitative estimate of drug-likeness (QED) is 0.736. The fraction of sp³-hybridized carbons (Fsp3) is 0.429. The molecule has 0 radical (unpaired) electrons. The molecule has 23 heavy (non-hydrogen) atoms. The van der Waals surface area contributed by atoms with E-state index in [0.717, 1.165) is 15.9 Å². The van der Waals surface area contributed by atoms with Crippen LogP contribution < -0.4 is 5.32 Å². The van der Waals surface area contributed by atoms with Gasteiger partial charge in [0.2, 0.25) is 0 Å². The Morgan fingerprint density at radius 1 is 1.35 bits per heavy atom. The number of carboxylic acids is 1. The molecule has 0 aliphatic carbocycles. The van der Waals surface area contributed by atoms with Gasteiger partial charge in [-0.2, -0.15) is 10.2 Å². The third kappa shape index (κ3) is 3.79. The zero-order valence-corrected chi connectivity index (χ0v) is 14.7. The smallest absolute Gasteiger partial charge is 0.339 e. The van der Waals surface area contributed by atoms with Crippen molar-refractivity contribution in [1.82, 2.24) is 24.9 Å². The molecular formula is C14H18BrN5O3. The Balaban J connectivity index is 1.90. The number of halogens is 1. The molecule has 124 valence electrons. The molecule has 2 heterocycles. The Bertz CT molecular complexity index is 750. The first-order valence-electron chi connectivity index (χ1n) is 7.06. The van der Waals surface area contributed by atoms with Crippen LogP contribution in [0.2, 0.25) is 0 Å². The van der Waals surface area contributed by atoms with Crippen molar-refractivity contribution in [2.24, 2.45) is 7.05 Å². The van der Waals surface area contributed by atoms with Crippen molar-refractivity contribution >= 4 is 27.8 Å². The molecule has 8 nitrogen and oxygen atoms in total. The minimum atomic E-state index is -1.17. The summed E-state index contributed by atoms with van der Waals surface area (Å²) >= 11 is 3.47. The first-order valence-corrected chi connectivity index (χ1v) is 7.85. The van der Waals surface area contributed by atoms with E-state index in [0.29, 0.717) is 19.5 Å². The van der Waals surface area contributed by atoms with Crippen molar-refractivity contribution in [2.45, 2.75) is 26.8 Å². The SMILES string of the molecule is Cc1nn(CCCNC(=O)c2nn(C)cc2C(=O)O)c(C)c1Br. The van der Waals surface area contributed by atoms with Gasteiger partial charge >= 0.3 is 5.97 Å². The number of hydrogen-bond donors (Lipinski definition) is 2. The number of rotatable bonds is 6. The lowest BCUT2D eigenvalue weighted by atomic mass is 10.2. The Hall–Kier alpha value is -2.16. The molecule has 0 bridgehead atoms. The molecule has 2 aromatic heterocycles. The average molecular weight is 384 g/mol. The van der Waals surface area contributed by atoms with Crippen LogP contribution in [0.3, 0.4) is 0 Å². The van der Waals surface area contributed by atoms with E-state index in [1.54, 1.807) is 7.05 Å². The summed E-state index contributed by atoms with van der Waals surface area (Å²) in [6.45, 7) is 4.95. The standard InChI is InChI=1S/C14H18BrN5O3/c1-8-11(15)9(2)20(17-8)6-4-5-16-13(21)12-10(14(22)23)7-19(3)18-12/h7H,4-6H2,1-3H3,(H,16,21)(H,22,23). The van der Waals surface area contributed by atoms with Crippen LogP contribution in [0.25, 0.3) is 0 Å². The minimum Gasteiger partial charge on any atom is -0.478 e. The van der Waals surface area contributed by atoms with Crippen LogP contribution in [0.15, 0.2) is 10.7 Å². The summed E-state index contributed by atoms with van der Waals surface area (Å²) in [7, 11) is 1.57. The van der Waals surface area contributed by atoms with Crippen molar-refractivity contribution in [3.8, 4) is 0 Å². The van der Waals surface area contributed by atoms with Gasteiger partial charge in [-0.25, -0.2) is 4.79 Å². The lowest BCUT2D eigenvalue weighted by molar-refractivity contribution is 0.0691. The van der Waals surface area contributed by atoms with Crippen molar-refractivity contribution < 1.29 is 14.7 Å². The number of carboxylic acid groups (broad SMARTS) is 1. The van der Waals surface area contributed by atoms with Crippen LogP contribution in [0.5, 0.6) is 0 Å². The maximum absolute atomic E-state index is 12.0. The second kappa shape index (κ2) is 6.95. The summed E-state index contributed by atoms with van der Waals surface area (Å²) in [5.74, 6) is -1.66. The maximum atomic E-state index is 12.0. The first kappa shape index (κ1) is 17.2. The second-order valence-corrected chi connectivity index (χ2v) is 5.98. The lowest BCUT2D eigenvalue weighted by Crippen LogP contribution is -2.27. The Labute approximate surface area is 141 Å². The largest absolute Gasteiger partial charge is 0.478 e. The highest BCUT2D eigenvalue weighted by Crippen LogP contribution is 2.19. The van der Waals surface area contributed by atoms with Gasteiger partial charge in [0.05, 0.1) is 10.2 Å². The third-order valence-corrected chi connectivity index (χ3v) is 4.55. The number of hydrogen-bond acceptors (Lipinski definition) is 4. The predicted molar refractivity (Wildman–Crippen MR) is 86.5 cm³/mol. The van der Waals surface area contributed by atoms with Crippen molar-refractivity contribution in [1.29, 1.82) is 0 Å². The average Bonchev–Trinajstić information content (AvgIpc) is 3.00. The normalized spacial score (nSPS) is 10.8. The molecule has 1 amide bonds. The predicted octanol–water partition coefficient (Wildman–Crippen LogP) is 1.51. The zero-order valence-electron chi connectivity index (χ0n) is 13.1. The number of nitrogens with zero attached hydrogens (tertiary/aromatic N) is 4. The van der Waals surface area contributed by atoms with E-state index in [4.69, 9.17) is 5.11 Å². The van der Waals surface area contributed by atoms with Gasteiger partial charge in [-0.3, -0.25) is 14.2 Å². The molecule has 0 aliphatic heterocycles. The summed E-state index contributed by atoms with van der Waals surface area (Å²) in [6.07, 6.45) is 1.99. The summed E-state index contributed by atoms with van der Waals surface area (Å²) in [6, 6.07) is 0. The Morgan fingerprint density at radius 3 is 2.61 bits per heavy atom. The molecule has 0 saturated carbocycles. The van der Waals surface area contributed by atoms with Crippen LogP contribution in [0.4, 0.5) is 0 Å². The van der Waals surface area contributed by atoms with Crippen molar-refractivity contribution in [2.75, 3.05) is 6.54 Å². The van der Waals surface area contributed by atoms with Gasteiger partial charge in [-0.05, 0) is 36.2 Å². The number of aryl methyl sites for hydroxylation is 3. The topological polar surface area (TPSA) is 102 Å². The fourth-order valence-corrected chi connectivity index (χ4v) is 2.50. The molecule has 0 saturated heterocycles. The molecule has 0 aromatic carbocycles. The number of nitrogens with one attached hydrogen (secondary N) is 1. The summed E-state index contributed by atoms with van der Waals surface area (Å²) in [5, 5.41) is 20.0. The lowest BCUT2D eigenvalue weighted by Gasteiger charge is -2.06. The minimum absolute atomic E-state index is 0.0751. The number of carbonyl (C=O) groups excluding carboxylic acids is 1. The third-order valence-electron chi connectivity index (χ3n) is 3.40. The number of amides is 1. The Morgan fingerprint density at radius 2 is 2.04 bits per heavy atom.